The van der Waals surface area contributed by atoms with Crippen LogP contribution in [-0.2, 0) is 17.8 Å². The van der Waals surface area contributed by atoms with Gasteiger partial charge < -0.3 is 15.4 Å². The van der Waals surface area contributed by atoms with Crippen molar-refractivity contribution in [2.24, 2.45) is 0 Å². The molecule has 90 valence electrons. The van der Waals surface area contributed by atoms with Gasteiger partial charge in [0.25, 0.3) is 0 Å². The number of aryl methyl sites for hydroxylation is 1. The Bertz CT molecular complexity index is 560. The fourth-order valence-corrected chi connectivity index (χ4v) is 1.94. The molecule has 5 heteroatoms. The van der Waals surface area contributed by atoms with Crippen LogP contribution in [0.1, 0.15) is 19.2 Å². The Kier molecular flexibility index (Phi) is 2.99. The molecule has 0 radical (unpaired) electrons. The van der Waals surface area contributed by atoms with Gasteiger partial charge in [-0.3, -0.25) is 4.79 Å². The van der Waals surface area contributed by atoms with Crippen molar-refractivity contribution in [3.63, 3.8) is 0 Å². The third-order valence-electron chi connectivity index (χ3n) is 2.66. The van der Waals surface area contributed by atoms with Gasteiger partial charge in [0.2, 0.25) is 0 Å². The molecule has 0 aliphatic heterocycles. The minimum absolute atomic E-state index is 0.0741. The number of anilines is 1. The first kappa shape index (κ1) is 11.4. The second-order valence-electron chi connectivity index (χ2n) is 3.97. The molecular weight excluding hydrogens is 218 g/mol. The summed E-state index contributed by atoms with van der Waals surface area (Å²) in [5.74, 6) is -0.0909. The highest BCUT2D eigenvalue weighted by Gasteiger charge is 2.13. The molecule has 0 bridgehead atoms. The number of nitrogens with two attached hydrogens (primary N) is 1. The number of hydrogen-bond donors (Lipinski definition) is 2. The quantitative estimate of drug-likeness (QED) is 0.787. The van der Waals surface area contributed by atoms with E-state index in [9.17, 15) is 4.79 Å². The van der Waals surface area contributed by atoms with Crippen LogP contribution < -0.4 is 5.73 Å². The molecule has 17 heavy (non-hydrogen) atoms. The van der Waals surface area contributed by atoms with Gasteiger partial charge in [-0.25, -0.2) is 4.98 Å². The molecule has 0 aliphatic carbocycles. The molecular formula is C12H15N3O2. The molecule has 0 amide bonds. The molecule has 3 N–H and O–H groups in total. The summed E-state index contributed by atoms with van der Waals surface area (Å²) in [5.41, 5.74) is 7.91. The highest BCUT2D eigenvalue weighted by atomic mass is 16.4. The number of rotatable bonds is 4. The number of hydrogen-bond acceptors (Lipinski definition) is 3. The van der Waals surface area contributed by atoms with Gasteiger partial charge in [0, 0.05) is 6.42 Å². The fraction of sp³-hybridized carbons (Fsp3) is 0.333. The lowest BCUT2D eigenvalue weighted by Crippen LogP contribution is -2.11. The van der Waals surface area contributed by atoms with Crippen molar-refractivity contribution in [3.8, 4) is 0 Å². The van der Waals surface area contributed by atoms with Crippen molar-refractivity contribution >= 4 is 22.7 Å². The number of aromatic nitrogens is 2. The number of aliphatic carboxylic acids is 1. The Hall–Kier alpha value is -2.04. The Morgan fingerprint density at radius 3 is 2.94 bits per heavy atom. The monoisotopic (exact) mass is 233 g/mol. The van der Waals surface area contributed by atoms with Crippen LogP contribution in [0.2, 0.25) is 0 Å². The summed E-state index contributed by atoms with van der Waals surface area (Å²) >= 11 is 0. The predicted molar refractivity (Wildman–Crippen MR) is 65.8 cm³/mol. The van der Waals surface area contributed by atoms with Crippen LogP contribution in [0.5, 0.6) is 0 Å². The van der Waals surface area contributed by atoms with E-state index in [-0.39, 0.29) is 6.54 Å². The number of imidazole rings is 1. The summed E-state index contributed by atoms with van der Waals surface area (Å²) in [7, 11) is 0. The average Bonchev–Trinajstić information content (AvgIpc) is 2.59. The van der Waals surface area contributed by atoms with E-state index in [4.69, 9.17) is 10.8 Å². The molecule has 1 heterocycles. The molecule has 0 atom stereocenters. The SMILES string of the molecule is CCCc1nc2c(N)cccc2n1CC(=O)O. The molecule has 2 rings (SSSR count). The zero-order valence-electron chi connectivity index (χ0n) is 9.68. The molecule has 0 spiro atoms. The first-order valence-corrected chi connectivity index (χ1v) is 5.59. The van der Waals surface area contributed by atoms with Crippen molar-refractivity contribution in [2.45, 2.75) is 26.3 Å². The Labute approximate surface area is 98.9 Å². The molecule has 2 aromatic rings. The van der Waals surface area contributed by atoms with Gasteiger partial charge >= 0.3 is 5.97 Å². The van der Waals surface area contributed by atoms with Crippen LogP contribution in [0.15, 0.2) is 18.2 Å². The molecule has 0 unspecified atom stereocenters. The van der Waals surface area contributed by atoms with E-state index < -0.39 is 5.97 Å². The molecule has 5 nitrogen and oxygen atoms in total. The van der Waals surface area contributed by atoms with Crippen LogP contribution in [0.3, 0.4) is 0 Å². The van der Waals surface area contributed by atoms with E-state index >= 15 is 0 Å². The minimum atomic E-state index is -0.871. The first-order valence-electron chi connectivity index (χ1n) is 5.59. The van der Waals surface area contributed by atoms with Crippen LogP contribution in [0.25, 0.3) is 11.0 Å². The Balaban J connectivity index is 2.62. The van der Waals surface area contributed by atoms with Crippen molar-refractivity contribution in [3.05, 3.63) is 24.0 Å². The average molecular weight is 233 g/mol. The standard InChI is InChI=1S/C12H15N3O2/c1-2-4-10-14-12-8(13)5-3-6-9(12)15(10)7-11(16)17/h3,5-6H,2,4,7,13H2,1H3,(H,16,17). The normalized spacial score (nSPS) is 10.9. The molecule has 0 saturated carbocycles. The lowest BCUT2D eigenvalue weighted by atomic mass is 10.3. The number of fused-ring (bicyclic) bond motifs is 1. The van der Waals surface area contributed by atoms with E-state index in [1.165, 1.54) is 0 Å². The maximum atomic E-state index is 10.9. The Morgan fingerprint density at radius 2 is 2.29 bits per heavy atom. The summed E-state index contributed by atoms with van der Waals surface area (Å²) in [5, 5.41) is 8.93. The van der Waals surface area contributed by atoms with E-state index in [0.717, 1.165) is 24.2 Å². The summed E-state index contributed by atoms with van der Waals surface area (Å²) in [4.78, 5) is 15.3. The zero-order valence-corrected chi connectivity index (χ0v) is 9.68. The van der Waals surface area contributed by atoms with Gasteiger partial charge in [-0.1, -0.05) is 13.0 Å². The number of carboxylic acid groups (broad SMARTS) is 1. The second kappa shape index (κ2) is 4.45. The fourth-order valence-electron chi connectivity index (χ4n) is 1.94. The lowest BCUT2D eigenvalue weighted by Gasteiger charge is -2.04. The second-order valence-corrected chi connectivity index (χ2v) is 3.97. The Morgan fingerprint density at radius 1 is 1.53 bits per heavy atom. The van der Waals surface area contributed by atoms with Crippen LogP contribution in [0, 0.1) is 0 Å². The van der Waals surface area contributed by atoms with Gasteiger partial charge in [0.05, 0.1) is 11.2 Å². The maximum Gasteiger partial charge on any atom is 0.323 e. The van der Waals surface area contributed by atoms with Crippen LogP contribution in [0.4, 0.5) is 5.69 Å². The smallest absolute Gasteiger partial charge is 0.323 e. The highest BCUT2D eigenvalue weighted by Crippen LogP contribution is 2.22. The third kappa shape index (κ3) is 2.08. The largest absolute Gasteiger partial charge is 0.480 e. The zero-order chi connectivity index (χ0) is 12.4. The number of para-hydroxylation sites is 1. The molecule has 0 saturated heterocycles. The first-order chi connectivity index (χ1) is 8.13. The van der Waals surface area contributed by atoms with E-state index in [0.29, 0.717) is 11.2 Å². The molecule has 0 fully saturated rings. The van der Waals surface area contributed by atoms with Gasteiger partial charge in [0.15, 0.2) is 0 Å². The van der Waals surface area contributed by atoms with Gasteiger partial charge in [-0.05, 0) is 18.6 Å². The van der Waals surface area contributed by atoms with Crippen LogP contribution in [-0.4, -0.2) is 20.6 Å². The maximum absolute atomic E-state index is 10.9. The summed E-state index contributed by atoms with van der Waals surface area (Å²) < 4.78 is 1.72. The van der Waals surface area contributed by atoms with Gasteiger partial charge in [-0.15, -0.1) is 0 Å². The van der Waals surface area contributed by atoms with Crippen LogP contribution >= 0.6 is 0 Å². The highest BCUT2D eigenvalue weighted by molar-refractivity contribution is 5.88. The van der Waals surface area contributed by atoms with E-state index in [1.807, 2.05) is 19.1 Å². The number of nitrogens with zero attached hydrogens (tertiary/aromatic N) is 2. The number of carboxylic acids is 1. The van der Waals surface area contributed by atoms with Gasteiger partial charge in [0.1, 0.15) is 17.9 Å². The van der Waals surface area contributed by atoms with Crippen molar-refractivity contribution in [1.82, 2.24) is 9.55 Å². The molecule has 1 aromatic heterocycles. The summed E-state index contributed by atoms with van der Waals surface area (Å²) in [6.45, 7) is 1.96. The number of nitrogen functional groups attached to an aromatic ring is 1. The number of carbonyl (C=O) groups is 1. The summed E-state index contributed by atoms with van der Waals surface area (Å²) in [6.07, 6.45) is 1.67. The third-order valence-corrected chi connectivity index (χ3v) is 2.66. The topological polar surface area (TPSA) is 81.1 Å². The molecule has 0 aliphatic rings. The van der Waals surface area contributed by atoms with E-state index in [2.05, 4.69) is 4.98 Å². The summed E-state index contributed by atoms with van der Waals surface area (Å²) in [6, 6.07) is 5.43. The van der Waals surface area contributed by atoms with Gasteiger partial charge in [-0.2, -0.15) is 0 Å². The van der Waals surface area contributed by atoms with Crippen molar-refractivity contribution in [2.75, 3.05) is 5.73 Å². The molecule has 1 aromatic carbocycles. The van der Waals surface area contributed by atoms with Crippen molar-refractivity contribution < 1.29 is 9.90 Å². The van der Waals surface area contributed by atoms with E-state index in [1.54, 1.807) is 10.6 Å². The predicted octanol–water partition coefficient (Wildman–Crippen LogP) is 1.66. The lowest BCUT2D eigenvalue weighted by molar-refractivity contribution is -0.137. The number of benzene rings is 1. The minimum Gasteiger partial charge on any atom is -0.480 e. The van der Waals surface area contributed by atoms with Crippen molar-refractivity contribution in [1.29, 1.82) is 0 Å².